The normalized spacial score (nSPS) is 11.5. The van der Waals surface area contributed by atoms with E-state index in [0.29, 0.717) is 16.6 Å². The number of aromatic carboxylic acids is 1. The minimum absolute atomic E-state index is 0.115. The number of hydrogen-bond donors (Lipinski definition) is 1. The Kier molecular flexibility index (Phi) is 6.35. The predicted octanol–water partition coefficient (Wildman–Crippen LogP) is 3.06. The SMILES string of the molecule is CCCS(=O)(=O)CCSc1ccc(Br)c(C(=O)O)c1. The third kappa shape index (κ3) is 5.54. The van der Waals surface area contributed by atoms with Crippen LogP contribution in [0.5, 0.6) is 0 Å². The van der Waals surface area contributed by atoms with Crippen molar-refractivity contribution in [2.24, 2.45) is 0 Å². The van der Waals surface area contributed by atoms with Crippen LogP contribution in [-0.2, 0) is 9.84 Å². The van der Waals surface area contributed by atoms with Gasteiger partial charge in [-0.2, -0.15) is 0 Å². The summed E-state index contributed by atoms with van der Waals surface area (Å²) in [6.07, 6.45) is 0.619. The molecule has 1 aromatic carbocycles. The van der Waals surface area contributed by atoms with Crippen molar-refractivity contribution < 1.29 is 18.3 Å². The molecule has 0 aromatic heterocycles. The van der Waals surface area contributed by atoms with E-state index in [1.807, 2.05) is 6.92 Å². The zero-order valence-electron chi connectivity index (χ0n) is 10.4. The largest absolute Gasteiger partial charge is 0.478 e. The van der Waals surface area contributed by atoms with E-state index in [4.69, 9.17) is 5.11 Å². The molecule has 1 rings (SSSR count). The number of sulfone groups is 1. The summed E-state index contributed by atoms with van der Waals surface area (Å²) < 4.78 is 23.6. The van der Waals surface area contributed by atoms with Gasteiger partial charge in [0.2, 0.25) is 0 Å². The molecule has 1 N–H and O–H groups in total. The van der Waals surface area contributed by atoms with E-state index in [0.717, 1.165) is 4.90 Å². The Bertz CT molecular complexity index is 555. The van der Waals surface area contributed by atoms with Crippen LogP contribution in [0.1, 0.15) is 23.7 Å². The summed E-state index contributed by atoms with van der Waals surface area (Å²) in [5, 5.41) is 8.98. The standard InChI is InChI=1S/C12H15BrO4S2/c1-2-6-19(16,17)7-5-18-9-3-4-11(13)10(8-9)12(14)15/h3-4,8H,2,5-7H2,1H3,(H,14,15). The van der Waals surface area contributed by atoms with Gasteiger partial charge in [-0.3, -0.25) is 0 Å². The predicted molar refractivity (Wildman–Crippen MR) is 80.8 cm³/mol. The van der Waals surface area contributed by atoms with Crippen LogP contribution in [0, 0.1) is 0 Å². The lowest BCUT2D eigenvalue weighted by atomic mass is 10.2. The fraction of sp³-hybridized carbons (Fsp3) is 0.417. The summed E-state index contributed by atoms with van der Waals surface area (Å²) in [5.41, 5.74) is 0.182. The molecule has 0 heterocycles. The quantitative estimate of drug-likeness (QED) is 0.750. The fourth-order valence-electron chi connectivity index (χ4n) is 1.46. The minimum atomic E-state index is -2.98. The second kappa shape index (κ2) is 7.31. The molecule has 19 heavy (non-hydrogen) atoms. The van der Waals surface area contributed by atoms with Crippen molar-refractivity contribution in [1.29, 1.82) is 0 Å². The molecule has 0 spiro atoms. The summed E-state index contributed by atoms with van der Waals surface area (Å²) in [5.74, 6) is -0.255. The maximum absolute atomic E-state index is 11.5. The van der Waals surface area contributed by atoms with Crippen molar-refractivity contribution >= 4 is 43.5 Å². The van der Waals surface area contributed by atoms with Gasteiger partial charge in [-0.15, -0.1) is 11.8 Å². The van der Waals surface area contributed by atoms with Gasteiger partial charge in [0.1, 0.15) is 0 Å². The molecule has 4 nitrogen and oxygen atoms in total. The molecule has 0 aliphatic heterocycles. The first-order valence-corrected chi connectivity index (χ1v) is 9.32. The molecule has 0 radical (unpaired) electrons. The van der Waals surface area contributed by atoms with Gasteiger partial charge in [-0.05, 0) is 40.5 Å². The number of rotatable bonds is 7. The molecule has 1 aromatic rings. The van der Waals surface area contributed by atoms with Crippen molar-refractivity contribution in [3.05, 3.63) is 28.2 Å². The van der Waals surface area contributed by atoms with E-state index in [-0.39, 0.29) is 17.1 Å². The Morgan fingerprint density at radius 3 is 2.63 bits per heavy atom. The molecule has 7 heteroatoms. The Balaban J connectivity index is 2.64. The molecule has 0 unspecified atom stereocenters. The lowest BCUT2D eigenvalue weighted by molar-refractivity contribution is 0.0695. The number of halogens is 1. The summed E-state index contributed by atoms with van der Waals surface area (Å²) in [6.45, 7) is 1.83. The van der Waals surface area contributed by atoms with E-state index in [1.165, 1.54) is 11.8 Å². The minimum Gasteiger partial charge on any atom is -0.478 e. The Labute approximate surface area is 125 Å². The van der Waals surface area contributed by atoms with Gasteiger partial charge in [-0.25, -0.2) is 13.2 Å². The maximum Gasteiger partial charge on any atom is 0.336 e. The first kappa shape index (κ1) is 16.5. The number of carboxylic acids is 1. The lowest BCUT2D eigenvalue weighted by Gasteiger charge is -2.05. The van der Waals surface area contributed by atoms with E-state index < -0.39 is 15.8 Å². The van der Waals surface area contributed by atoms with E-state index in [9.17, 15) is 13.2 Å². The Morgan fingerprint density at radius 2 is 2.05 bits per heavy atom. The number of benzene rings is 1. The van der Waals surface area contributed by atoms with E-state index in [1.54, 1.807) is 18.2 Å². The van der Waals surface area contributed by atoms with Gasteiger partial charge in [0.05, 0.1) is 11.3 Å². The molecule has 0 atom stereocenters. The summed E-state index contributed by atoms with van der Waals surface area (Å²) >= 11 is 4.52. The Morgan fingerprint density at radius 1 is 1.37 bits per heavy atom. The van der Waals surface area contributed by atoms with Crippen LogP contribution in [0.2, 0.25) is 0 Å². The molecule has 106 valence electrons. The van der Waals surface area contributed by atoms with E-state index in [2.05, 4.69) is 15.9 Å². The summed E-state index contributed by atoms with van der Waals surface area (Å²) in [4.78, 5) is 11.7. The van der Waals surface area contributed by atoms with Gasteiger partial charge >= 0.3 is 5.97 Å². The molecule has 0 aliphatic rings. The Hall–Kier alpha value is -0.530. The van der Waals surface area contributed by atoms with Crippen molar-refractivity contribution in [2.45, 2.75) is 18.2 Å². The van der Waals surface area contributed by atoms with Gasteiger partial charge < -0.3 is 5.11 Å². The van der Waals surface area contributed by atoms with Gasteiger partial charge in [0, 0.05) is 20.9 Å². The topological polar surface area (TPSA) is 71.4 Å². The molecule has 0 fully saturated rings. The first-order valence-electron chi connectivity index (χ1n) is 5.72. The van der Waals surface area contributed by atoms with Crippen molar-refractivity contribution in [2.75, 3.05) is 17.3 Å². The van der Waals surface area contributed by atoms with E-state index >= 15 is 0 Å². The van der Waals surface area contributed by atoms with Crippen LogP contribution < -0.4 is 0 Å². The maximum atomic E-state index is 11.5. The highest BCUT2D eigenvalue weighted by molar-refractivity contribution is 9.10. The summed E-state index contributed by atoms with van der Waals surface area (Å²) in [6, 6.07) is 4.98. The van der Waals surface area contributed by atoms with Crippen LogP contribution in [0.4, 0.5) is 0 Å². The molecule has 0 aliphatic carbocycles. The number of hydrogen-bond acceptors (Lipinski definition) is 4. The third-order valence-corrected chi connectivity index (χ3v) is 6.15. The highest BCUT2D eigenvalue weighted by Crippen LogP contribution is 2.25. The van der Waals surface area contributed by atoms with Crippen molar-refractivity contribution in [3.63, 3.8) is 0 Å². The molecular weight excluding hydrogens is 352 g/mol. The number of thioether (sulfide) groups is 1. The van der Waals surface area contributed by atoms with Gasteiger partial charge in [0.25, 0.3) is 0 Å². The highest BCUT2D eigenvalue weighted by Gasteiger charge is 2.11. The zero-order valence-corrected chi connectivity index (χ0v) is 13.6. The van der Waals surface area contributed by atoms with Crippen molar-refractivity contribution in [3.8, 4) is 0 Å². The van der Waals surface area contributed by atoms with Crippen LogP contribution in [-0.4, -0.2) is 36.8 Å². The second-order valence-electron chi connectivity index (χ2n) is 3.95. The molecular formula is C12H15BrO4S2. The monoisotopic (exact) mass is 366 g/mol. The smallest absolute Gasteiger partial charge is 0.336 e. The van der Waals surface area contributed by atoms with Gasteiger partial charge in [-0.1, -0.05) is 6.92 Å². The van der Waals surface area contributed by atoms with Crippen LogP contribution in [0.3, 0.4) is 0 Å². The van der Waals surface area contributed by atoms with Crippen LogP contribution >= 0.6 is 27.7 Å². The zero-order chi connectivity index (χ0) is 14.5. The van der Waals surface area contributed by atoms with Crippen LogP contribution in [0.15, 0.2) is 27.6 Å². The number of carbonyl (C=O) groups is 1. The molecule has 0 amide bonds. The molecule has 0 saturated heterocycles. The average Bonchev–Trinajstić information content (AvgIpc) is 2.30. The third-order valence-electron chi connectivity index (χ3n) is 2.35. The molecule has 0 saturated carbocycles. The molecule has 0 bridgehead atoms. The van der Waals surface area contributed by atoms with Crippen molar-refractivity contribution in [1.82, 2.24) is 0 Å². The highest BCUT2D eigenvalue weighted by atomic mass is 79.9. The lowest BCUT2D eigenvalue weighted by Crippen LogP contribution is -2.12. The summed E-state index contributed by atoms with van der Waals surface area (Å²) in [7, 11) is -2.98. The second-order valence-corrected chi connectivity index (χ2v) is 8.27. The van der Waals surface area contributed by atoms with Crippen LogP contribution in [0.25, 0.3) is 0 Å². The average molecular weight is 367 g/mol. The fourth-order valence-corrected chi connectivity index (χ4v) is 4.65. The number of carboxylic acid groups (broad SMARTS) is 1. The van der Waals surface area contributed by atoms with Gasteiger partial charge in [0.15, 0.2) is 9.84 Å². The first-order chi connectivity index (χ1) is 8.85.